The molecule has 2 aromatic carbocycles. The quantitative estimate of drug-likeness (QED) is 0.752. The van der Waals surface area contributed by atoms with Gasteiger partial charge in [-0.1, -0.05) is 17.7 Å². The molecule has 21 heavy (non-hydrogen) atoms. The molecule has 0 aliphatic carbocycles. The normalized spacial score (nSPS) is 12.6. The fraction of sp³-hybridized carbons (Fsp3) is 0.143. The van der Waals surface area contributed by atoms with Crippen LogP contribution in [0.25, 0.3) is 11.0 Å². The molecule has 0 bridgehead atoms. The molecule has 3 rings (SSSR count). The smallest absolute Gasteiger partial charge is 0.159 e. The second kappa shape index (κ2) is 5.54. The largest absolute Gasteiger partial charge is 0.375 e. The average molecular weight is 326 g/mol. The first-order valence-electron chi connectivity index (χ1n) is 6.18. The van der Waals surface area contributed by atoms with E-state index < -0.39 is 11.6 Å². The minimum Gasteiger partial charge on any atom is -0.375 e. The van der Waals surface area contributed by atoms with E-state index in [0.29, 0.717) is 21.8 Å². The number of nitrogens with zero attached hydrogens (tertiary/aromatic N) is 2. The molecule has 3 aromatic rings. The van der Waals surface area contributed by atoms with Crippen LogP contribution in [0.3, 0.4) is 0 Å². The van der Waals surface area contributed by atoms with E-state index in [1.165, 1.54) is 12.1 Å². The maximum Gasteiger partial charge on any atom is 0.159 e. The summed E-state index contributed by atoms with van der Waals surface area (Å²) in [4.78, 5) is 0. The monoisotopic (exact) mass is 325 g/mol. The number of halogens is 3. The molecule has 1 heterocycles. The Morgan fingerprint density at radius 2 is 1.95 bits per heavy atom. The van der Waals surface area contributed by atoms with Crippen LogP contribution in [0, 0.1) is 11.6 Å². The van der Waals surface area contributed by atoms with Crippen molar-refractivity contribution in [2.75, 3.05) is 5.32 Å². The Balaban J connectivity index is 1.95. The van der Waals surface area contributed by atoms with E-state index in [4.69, 9.17) is 11.6 Å². The van der Waals surface area contributed by atoms with Gasteiger partial charge in [-0.2, -0.15) is 8.75 Å². The van der Waals surface area contributed by atoms with E-state index in [0.717, 1.165) is 23.3 Å². The van der Waals surface area contributed by atoms with Gasteiger partial charge in [0, 0.05) is 6.04 Å². The highest BCUT2D eigenvalue weighted by Gasteiger charge is 2.14. The highest BCUT2D eigenvalue weighted by Crippen LogP contribution is 2.32. The summed E-state index contributed by atoms with van der Waals surface area (Å²) in [6.07, 6.45) is 0. The lowest BCUT2D eigenvalue weighted by atomic mass is 10.1. The number of hydrogen-bond donors (Lipinski definition) is 1. The van der Waals surface area contributed by atoms with Gasteiger partial charge in [0.25, 0.3) is 0 Å². The number of fused-ring (bicyclic) bond motifs is 1. The Bertz CT molecular complexity index is 806. The summed E-state index contributed by atoms with van der Waals surface area (Å²) in [6.45, 7) is 1.83. The summed E-state index contributed by atoms with van der Waals surface area (Å²) in [5, 5.41) is 3.69. The lowest BCUT2D eigenvalue weighted by Crippen LogP contribution is -2.08. The van der Waals surface area contributed by atoms with E-state index in [1.807, 2.05) is 6.92 Å². The van der Waals surface area contributed by atoms with Gasteiger partial charge in [0.1, 0.15) is 11.0 Å². The van der Waals surface area contributed by atoms with Crippen LogP contribution in [-0.2, 0) is 0 Å². The maximum absolute atomic E-state index is 13.3. The van der Waals surface area contributed by atoms with Crippen molar-refractivity contribution in [1.29, 1.82) is 0 Å². The van der Waals surface area contributed by atoms with Crippen LogP contribution >= 0.6 is 23.3 Å². The van der Waals surface area contributed by atoms with Crippen LogP contribution < -0.4 is 5.32 Å². The Morgan fingerprint density at radius 3 is 2.71 bits per heavy atom. The maximum atomic E-state index is 13.3. The predicted octanol–water partition coefficient (Wildman–Crippen LogP) is 4.80. The molecule has 0 fully saturated rings. The van der Waals surface area contributed by atoms with Gasteiger partial charge >= 0.3 is 0 Å². The van der Waals surface area contributed by atoms with E-state index in [1.54, 1.807) is 12.1 Å². The molecule has 0 saturated heterocycles. The molecule has 0 spiro atoms. The lowest BCUT2D eigenvalue weighted by molar-refractivity contribution is 0.506. The van der Waals surface area contributed by atoms with Crippen LogP contribution in [-0.4, -0.2) is 8.75 Å². The number of aromatic nitrogens is 2. The second-order valence-electron chi connectivity index (χ2n) is 4.59. The van der Waals surface area contributed by atoms with E-state index in [-0.39, 0.29) is 6.04 Å². The fourth-order valence-corrected chi connectivity index (χ4v) is 2.80. The van der Waals surface area contributed by atoms with E-state index in [2.05, 4.69) is 14.1 Å². The predicted molar refractivity (Wildman–Crippen MR) is 80.8 cm³/mol. The van der Waals surface area contributed by atoms with Crippen molar-refractivity contribution < 1.29 is 8.78 Å². The Labute approximate surface area is 128 Å². The van der Waals surface area contributed by atoms with E-state index in [9.17, 15) is 8.78 Å². The fourth-order valence-electron chi connectivity index (χ4n) is 2.05. The van der Waals surface area contributed by atoms with Crippen LogP contribution in [0.2, 0.25) is 5.02 Å². The van der Waals surface area contributed by atoms with Gasteiger partial charge in [0.2, 0.25) is 0 Å². The number of anilines is 1. The Morgan fingerprint density at radius 1 is 1.14 bits per heavy atom. The van der Waals surface area contributed by atoms with Crippen molar-refractivity contribution in [3.63, 3.8) is 0 Å². The Kier molecular flexibility index (Phi) is 3.73. The molecule has 1 unspecified atom stereocenters. The van der Waals surface area contributed by atoms with Crippen molar-refractivity contribution in [3.05, 3.63) is 52.6 Å². The topological polar surface area (TPSA) is 37.8 Å². The van der Waals surface area contributed by atoms with Crippen LogP contribution in [0.1, 0.15) is 18.5 Å². The highest BCUT2D eigenvalue weighted by atomic mass is 35.5. The first-order chi connectivity index (χ1) is 10.1. The van der Waals surface area contributed by atoms with E-state index >= 15 is 0 Å². The molecular formula is C14H10ClF2N3S. The number of hydrogen-bond acceptors (Lipinski definition) is 4. The number of rotatable bonds is 3. The summed E-state index contributed by atoms with van der Waals surface area (Å²) < 4.78 is 34.7. The minimum atomic E-state index is -0.874. The number of benzene rings is 2. The first-order valence-corrected chi connectivity index (χ1v) is 7.29. The standard InChI is InChI=1S/C14H10ClF2N3S/c1-7(8-2-4-10(16)11(17)6-8)18-13-9(15)3-5-12-14(13)20-21-19-12/h2-7,18H,1H3. The third-order valence-electron chi connectivity index (χ3n) is 3.18. The van der Waals surface area contributed by atoms with Gasteiger partial charge in [-0.25, -0.2) is 8.78 Å². The second-order valence-corrected chi connectivity index (χ2v) is 5.53. The zero-order chi connectivity index (χ0) is 15.0. The molecule has 1 atom stereocenters. The minimum absolute atomic E-state index is 0.259. The van der Waals surface area contributed by atoms with Crippen molar-refractivity contribution in [3.8, 4) is 0 Å². The molecule has 108 valence electrons. The van der Waals surface area contributed by atoms with Crippen molar-refractivity contribution in [2.45, 2.75) is 13.0 Å². The van der Waals surface area contributed by atoms with Crippen LogP contribution in [0.15, 0.2) is 30.3 Å². The van der Waals surface area contributed by atoms with Crippen LogP contribution in [0.4, 0.5) is 14.5 Å². The molecule has 0 amide bonds. The number of nitrogens with one attached hydrogen (secondary N) is 1. The molecule has 0 saturated carbocycles. The molecule has 1 N–H and O–H groups in total. The Hall–Kier alpha value is -1.79. The summed E-state index contributed by atoms with van der Waals surface area (Å²) in [5.74, 6) is -1.74. The van der Waals surface area contributed by atoms with Gasteiger partial charge in [0.05, 0.1) is 22.4 Å². The average Bonchev–Trinajstić information content (AvgIpc) is 2.93. The summed E-state index contributed by atoms with van der Waals surface area (Å²) in [5.41, 5.74) is 2.66. The zero-order valence-corrected chi connectivity index (χ0v) is 12.5. The first kappa shape index (κ1) is 14.2. The molecular weight excluding hydrogens is 316 g/mol. The van der Waals surface area contributed by atoms with Gasteiger partial charge in [0.15, 0.2) is 11.6 Å². The van der Waals surface area contributed by atoms with Gasteiger partial charge in [-0.3, -0.25) is 0 Å². The van der Waals surface area contributed by atoms with Crippen molar-refractivity contribution in [2.24, 2.45) is 0 Å². The third kappa shape index (κ3) is 2.69. The molecule has 3 nitrogen and oxygen atoms in total. The molecule has 7 heteroatoms. The summed E-state index contributed by atoms with van der Waals surface area (Å²) in [7, 11) is 0. The lowest BCUT2D eigenvalue weighted by Gasteiger charge is -2.17. The molecule has 0 radical (unpaired) electrons. The SMILES string of the molecule is CC(Nc1c(Cl)ccc2nsnc12)c1ccc(F)c(F)c1. The molecule has 0 aliphatic heterocycles. The third-order valence-corrected chi connectivity index (χ3v) is 4.04. The van der Waals surface area contributed by atoms with Crippen molar-refractivity contribution in [1.82, 2.24) is 8.75 Å². The van der Waals surface area contributed by atoms with Crippen LogP contribution in [0.5, 0.6) is 0 Å². The zero-order valence-electron chi connectivity index (χ0n) is 10.9. The summed E-state index contributed by atoms with van der Waals surface area (Å²) in [6, 6.07) is 7.06. The van der Waals surface area contributed by atoms with Crippen molar-refractivity contribution >= 4 is 40.0 Å². The molecule has 0 aliphatic rings. The highest BCUT2D eigenvalue weighted by molar-refractivity contribution is 7.00. The molecule has 1 aromatic heterocycles. The summed E-state index contributed by atoms with van der Waals surface area (Å²) >= 11 is 7.28. The van der Waals surface area contributed by atoms with Gasteiger partial charge in [-0.15, -0.1) is 0 Å². The van der Waals surface area contributed by atoms with Gasteiger partial charge < -0.3 is 5.32 Å². The van der Waals surface area contributed by atoms with Gasteiger partial charge in [-0.05, 0) is 36.8 Å².